The van der Waals surface area contributed by atoms with Crippen molar-refractivity contribution in [3.8, 4) is 0 Å². The number of hydrogen-bond donors (Lipinski definition) is 0. The second-order valence-electron chi connectivity index (χ2n) is 9.66. The van der Waals surface area contributed by atoms with Gasteiger partial charge in [-0.3, -0.25) is 0 Å². The standard InChI is InChI=1S/C28H64N4P.BrH/c1-9-17-23-30(24-18-10-2)33(29(15-7)16-8,31(25-19-11-3)26-20-12-4)32(27-21-13-5)28-22-14-6;/h9-28H2,1-8H3;1H/q+1;/p-1. The van der Waals surface area contributed by atoms with Gasteiger partial charge >= 0.3 is 7.87 Å². The molecule has 6 heteroatoms. The van der Waals surface area contributed by atoms with Crippen LogP contribution in [0.15, 0.2) is 0 Å². The van der Waals surface area contributed by atoms with Crippen LogP contribution in [0.4, 0.5) is 0 Å². The maximum absolute atomic E-state index is 3.05. The van der Waals surface area contributed by atoms with E-state index >= 15 is 0 Å². The Morgan fingerprint density at radius 3 is 0.706 bits per heavy atom. The maximum atomic E-state index is 3.05. The molecule has 0 rings (SSSR count). The molecule has 0 fully saturated rings. The second kappa shape index (κ2) is 24.1. The van der Waals surface area contributed by atoms with E-state index in [1.54, 1.807) is 0 Å². The van der Waals surface area contributed by atoms with Gasteiger partial charge in [0.25, 0.3) is 0 Å². The molecule has 0 aromatic carbocycles. The molecule has 0 aliphatic rings. The van der Waals surface area contributed by atoms with Gasteiger partial charge in [0.15, 0.2) is 0 Å². The molecule has 0 saturated carbocycles. The average Bonchev–Trinajstić information content (AvgIpc) is 2.83. The molecule has 4 nitrogen and oxygen atoms in total. The molecule has 0 heterocycles. The van der Waals surface area contributed by atoms with Crippen molar-refractivity contribution >= 4 is 7.87 Å². The lowest BCUT2D eigenvalue weighted by Gasteiger charge is -2.51. The minimum Gasteiger partial charge on any atom is -1.00 e. The molecule has 0 amide bonds. The Labute approximate surface area is 227 Å². The van der Waals surface area contributed by atoms with Crippen molar-refractivity contribution in [1.82, 2.24) is 18.7 Å². The van der Waals surface area contributed by atoms with Crippen LogP contribution in [0.5, 0.6) is 0 Å². The summed E-state index contributed by atoms with van der Waals surface area (Å²) in [6, 6.07) is 0. The van der Waals surface area contributed by atoms with Crippen molar-refractivity contribution in [3.05, 3.63) is 0 Å². The third-order valence-corrected chi connectivity index (χ3v) is 11.7. The fourth-order valence-corrected chi connectivity index (χ4v) is 10.2. The van der Waals surface area contributed by atoms with Gasteiger partial charge in [0.2, 0.25) is 0 Å². The van der Waals surface area contributed by atoms with Crippen LogP contribution in [0.25, 0.3) is 0 Å². The maximum Gasteiger partial charge on any atom is 0.308 e. The smallest absolute Gasteiger partial charge is 0.308 e. The zero-order valence-electron chi connectivity index (χ0n) is 24.8. The van der Waals surface area contributed by atoms with Gasteiger partial charge in [-0.15, -0.1) is 18.7 Å². The first-order chi connectivity index (χ1) is 16.1. The molecular formula is C28H64BrN4P. The first kappa shape index (κ1) is 36.9. The van der Waals surface area contributed by atoms with E-state index in [-0.39, 0.29) is 17.0 Å². The van der Waals surface area contributed by atoms with Crippen LogP contribution in [0.1, 0.15) is 132 Å². The third kappa shape index (κ3) is 11.9. The van der Waals surface area contributed by atoms with E-state index in [4.69, 9.17) is 0 Å². The van der Waals surface area contributed by atoms with E-state index < -0.39 is 7.87 Å². The first-order valence-electron chi connectivity index (χ1n) is 15.0. The summed E-state index contributed by atoms with van der Waals surface area (Å²) in [6.45, 7) is 28.9. The van der Waals surface area contributed by atoms with Crippen LogP contribution in [0.3, 0.4) is 0 Å². The second-order valence-corrected chi connectivity index (χ2v) is 13.0. The Morgan fingerprint density at radius 1 is 0.353 bits per heavy atom. The highest BCUT2D eigenvalue weighted by atomic mass is 79.9. The summed E-state index contributed by atoms with van der Waals surface area (Å²) in [7, 11) is -1.78. The zero-order valence-corrected chi connectivity index (χ0v) is 27.2. The molecule has 0 N–H and O–H groups in total. The highest BCUT2D eigenvalue weighted by Crippen LogP contribution is 2.70. The molecule has 0 atom stereocenters. The molecule has 0 unspecified atom stereocenters. The molecule has 0 spiro atoms. The van der Waals surface area contributed by atoms with Crippen LogP contribution in [0.2, 0.25) is 0 Å². The van der Waals surface area contributed by atoms with Gasteiger partial charge in [-0.1, -0.05) is 80.1 Å². The van der Waals surface area contributed by atoms with Crippen LogP contribution in [0, 0.1) is 0 Å². The lowest BCUT2D eigenvalue weighted by molar-refractivity contribution is -0.00000816. The third-order valence-electron chi connectivity index (χ3n) is 6.87. The molecule has 208 valence electrons. The predicted octanol–water partition coefficient (Wildman–Crippen LogP) is 5.72. The topological polar surface area (TPSA) is 13.0 Å². The van der Waals surface area contributed by atoms with E-state index in [0.717, 1.165) is 13.1 Å². The molecule has 0 bridgehead atoms. The van der Waals surface area contributed by atoms with E-state index in [2.05, 4.69) is 74.1 Å². The van der Waals surface area contributed by atoms with Crippen molar-refractivity contribution in [1.29, 1.82) is 0 Å². The Hall–Kier alpha value is 0.750. The Balaban J connectivity index is 0. The van der Waals surface area contributed by atoms with Crippen LogP contribution in [-0.2, 0) is 0 Å². The Kier molecular flexibility index (Phi) is 26.2. The first-order valence-corrected chi connectivity index (χ1v) is 16.6. The normalized spacial score (nSPS) is 12.4. The Bertz CT molecular complexity index is 349. The summed E-state index contributed by atoms with van der Waals surface area (Å²) in [5.41, 5.74) is 0. The summed E-state index contributed by atoms with van der Waals surface area (Å²) in [4.78, 5) is 0. The highest BCUT2D eigenvalue weighted by Gasteiger charge is 2.59. The van der Waals surface area contributed by atoms with Gasteiger partial charge in [0, 0.05) is 52.4 Å². The molecule has 0 aliphatic heterocycles. The number of hydrogen-bond acceptors (Lipinski definition) is 4. The van der Waals surface area contributed by atoms with Crippen molar-refractivity contribution < 1.29 is 17.0 Å². The van der Waals surface area contributed by atoms with Crippen molar-refractivity contribution in [3.63, 3.8) is 0 Å². The number of rotatable bonds is 24. The van der Waals surface area contributed by atoms with Crippen molar-refractivity contribution in [2.24, 2.45) is 0 Å². The lowest BCUT2D eigenvalue weighted by atomic mass is 10.3. The number of halogens is 1. The van der Waals surface area contributed by atoms with Gasteiger partial charge in [-0.25, -0.2) is 0 Å². The lowest BCUT2D eigenvalue weighted by Crippen LogP contribution is -3.00. The molecular weight excluding hydrogens is 503 g/mol. The fourth-order valence-electron chi connectivity index (χ4n) is 4.86. The van der Waals surface area contributed by atoms with Crippen LogP contribution < -0.4 is 17.0 Å². The monoisotopic (exact) mass is 566 g/mol. The quantitative estimate of drug-likeness (QED) is 0.138. The zero-order chi connectivity index (χ0) is 25.0. The minimum atomic E-state index is -1.78. The van der Waals surface area contributed by atoms with Gasteiger partial charge in [-0.2, -0.15) is 0 Å². The molecule has 0 aromatic rings. The van der Waals surface area contributed by atoms with E-state index in [9.17, 15) is 0 Å². The summed E-state index contributed by atoms with van der Waals surface area (Å²) in [5, 5.41) is 0. The number of unbranched alkanes of at least 4 members (excludes halogenated alkanes) is 6. The minimum absolute atomic E-state index is 0. The number of nitrogens with zero attached hydrogens (tertiary/aromatic N) is 4. The summed E-state index contributed by atoms with van der Waals surface area (Å²) >= 11 is 0. The summed E-state index contributed by atoms with van der Waals surface area (Å²) in [5.74, 6) is 0. The summed E-state index contributed by atoms with van der Waals surface area (Å²) in [6.07, 6.45) is 15.6. The van der Waals surface area contributed by atoms with Gasteiger partial charge < -0.3 is 17.0 Å². The summed E-state index contributed by atoms with van der Waals surface area (Å²) < 4.78 is 12.1. The molecule has 0 saturated heterocycles. The molecule has 0 aliphatic carbocycles. The molecule has 0 aromatic heterocycles. The molecule has 34 heavy (non-hydrogen) atoms. The van der Waals surface area contributed by atoms with E-state index in [1.807, 2.05) is 0 Å². The average molecular weight is 568 g/mol. The van der Waals surface area contributed by atoms with Gasteiger partial charge in [0.05, 0.1) is 0 Å². The Morgan fingerprint density at radius 2 is 0.559 bits per heavy atom. The largest absolute Gasteiger partial charge is 1.00 e. The SMILES string of the molecule is CCCCN(CCCC)[P+](N(CC)CC)(N(CCCC)CCCC)N(CCCC)CCCC.[Br-]. The van der Waals surface area contributed by atoms with E-state index in [0.29, 0.717) is 0 Å². The van der Waals surface area contributed by atoms with Crippen LogP contribution in [-0.4, -0.2) is 71.0 Å². The van der Waals surface area contributed by atoms with Crippen molar-refractivity contribution in [2.45, 2.75) is 132 Å². The van der Waals surface area contributed by atoms with Crippen molar-refractivity contribution in [2.75, 3.05) is 52.4 Å². The molecule has 0 radical (unpaired) electrons. The predicted molar refractivity (Wildman–Crippen MR) is 154 cm³/mol. The van der Waals surface area contributed by atoms with E-state index in [1.165, 1.54) is 116 Å². The van der Waals surface area contributed by atoms with Gasteiger partial charge in [0.1, 0.15) is 0 Å². The van der Waals surface area contributed by atoms with Crippen LogP contribution >= 0.6 is 7.87 Å². The highest BCUT2D eigenvalue weighted by molar-refractivity contribution is 7.66. The fraction of sp³-hybridized carbons (Fsp3) is 1.00. The van der Waals surface area contributed by atoms with Gasteiger partial charge in [-0.05, 0) is 52.4 Å².